The highest BCUT2D eigenvalue weighted by Gasteiger charge is 2.36. The van der Waals surface area contributed by atoms with Crippen LogP contribution < -0.4 is 10.6 Å². The van der Waals surface area contributed by atoms with Crippen molar-refractivity contribution >= 4 is 12.4 Å². The summed E-state index contributed by atoms with van der Waals surface area (Å²) in [5.41, 5.74) is 0.142. The van der Waals surface area contributed by atoms with Gasteiger partial charge in [0.15, 0.2) is 0 Å². The first-order valence-electron chi connectivity index (χ1n) is 4.91. The van der Waals surface area contributed by atoms with Gasteiger partial charge in [-0.1, -0.05) is 0 Å². The summed E-state index contributed by atoms with van der Waals surface area (Å²) in [6.45, 7) is 2.95. The number of hydrogen-bond donors (Lipinski definition) is 2. The van der Waals surface area contributed by atoms with Gasteiger partial charge in [-0.2, -0.15) is 0 Å². The standard InChI is InChI=1S/C9H17FN2.ClH/c10-8-1-4-12-9(7-8)2-5-11-6-3-9;/h8,11-12H,1-7H2;1H. The van der Waals surface area contributed by atoms with Crippen LogP contribution in [-0.4, -0.2) is 31.3 Å². The van der Waals surface area contributed by atoms with E-state index < -0.39 is 6.17 Å². The maximum absolute atomic E-state index is 13.2. The van der Waals surface area contributed by atoms with Crippen molar-refractivity contribution in [2.24, 2.45) is 0 Å². The third-order valence-electron chi connectivity index (χ3n) is 3.13. The maximum Gasteiger partial charge on any atom is 0.103 e. The SMILES string of the molecule is Cl.FC1CCNC2(CCNCC2)C1. The van der Waals surface area contributed by atoms with E-state index in [-0.39, 0.29) is 17.9 Å². The molecule has 0 radical (unpaired) electrons. The van der Waals surface area contributed by atoms with Gasteiger partial charge >= 0.3 is 0 Å². The Morgan fingerprint density at radius 1 is 1.15 bits per heavy atom. The van der Waals surface area contributed by atoms with E-state index in [1.54, 1.807) is 0 Å². The Morgan fingerprint density at radius 3 is 2.46 bits per heavy atom. The van der Waals surface area contributed by atoms with Crippen molar-refractivity contribution in [1.29, 1.82) is 0 Å². The van der Waals surface area contributed by atoms with Crippen LogP contribution >= 0.6 is 12.4 Å². The lowest BCUT2D eigenvalue weighted by Gasteiger charge is -2.42. The molecule has 13 heavy (non-hydrogen) atoms. The highest BCUT2D eigenvalue weighted by molar-refractivity contribution is 5.85. The molecule has 1 spiro atoms. The minimum Gasteiger partial charge on any atom is -0.317 e. The van der Waals surface area contributed by atoms with Gasteiger partial charge in [-0.05, 0) is 45.3 Å². The molecule has 0 saturated carbocycles. The molecule has 1 unspecified atom stereocenters. The summed E-state index contributed by atoms with van der Waals surface area (Å²) < 4.78 is 13.2. The zero-order valence-electron chi connectivity index (χ0n) is 7.81. The average molecular weight is 209 g/mol. The van der Waals surface area contributed by atoms with Crippen molar-refractivity contribution in [1.82, 2.24) is 10.6 Å². The van der Waals surface area contributed by atoms with E-state index in [1.807, 2.05) is 0 Å². The Bertz CT molecular complexity index is 154. The molecule has 0 amide bonds. The van der Waals surface area contributed by atoms with E-state index in [1.165, 1.54) is 0 Å². The van der Waals surface area contributed by atoms with Crippen LogP contribution in [0.1, 0.15) is 25.7 Å². The summed E-state index contributed by atoms with van der Waals surface area (Å²) in [7, 11) is 0. The Labute approximate surface area is 85.1 Å². The Kier molecular flexibility index (Phi) is 3.95. The summed E-state index contributed by atoms with van der Waals surface area (Å²) in [4.78, 5) is 0. The quantitative estimate of drug-likeness (QED) is 0.626. The van der Waals surface area contributed by atoms with Crippen LogP contribution in [0.2, 0.25) is 0 Å². The fraction of sp³-hybridized carbons (Fsp3) is 1.00. The lowest BCUT2D eigenvalue weighted by Crippen LogP contribution is -2.56. The molecule has 0 aromatic carbocycles. The average Bonchev–Trinajstić information content (AvgIpc) is 2.05. The van der Waals surface area contributed by atoms with Crippen LogP contribution in [-0.2, 0) is 0 Å². The van der Waals surface area contributed by atoms with Crippen molar-refractivity contribution in [3.8, 4) is 0 Å². The molecule has 2 saturated heterocycles. The Balaban J connectivity index is 0.000000845. The smallest absolute Gasteiger partial charge is 0.103 e. The molecule has 0 bridgehead atoms. The topological polar surface area (TPSA) is 24.1 Å². The van der Waals surface area contributed by atoms with Crippen LogP contribution in [0.25, 0.3) is 0 Å². The van der Waals surface area contributed by atoms with Crippen LogP contribution in [0.5, 0.6) is 0 Å². The highest BCUT2D eigenvalue weighted by atomic mass is 35.5. The van der Waals surface area contributed by atoms with Crippen molar-refractivity contribution in [2.45, 2.75) is 37.4 Å². The van der Waals surface area contributed by atoms with Gasteiger partial charge in [0.25, 0.3) is 0 Å². The molecule has 2 nitrogen and oxygen atoms in total. The third kappa shape index (κ3) is 2.55. The molecule has 2 aliphatic rings. The second-order valence-corrected chi connectivity index (χ2v) is 4.05. The summed E-state index contributed by atoms with van der Waals surface area (Å²) in [6.07, 6.45) is 3.05. The van der Waals surface area contributed by atoms with E-state index in [0.717, 1.165) is 38.9 Å². The summed E-state index contributed by atoms with van der Waals surface area (Å²) in [5, 5.41) is 6.79. The predicted molar refractivity (Wildman–Crippen MR) is 54.2 cm³/mol. The van der Waals surface area contributed by atoms with Gasteiger partial charge in [0.1, 0.15) is 6.17 Å². The second kappa shape index (κ2) is 4.58. The molecule has 0 aromatic heterocycles. The predicted octanol–water partition coefficient (Wildman–Crippen LogP) is 1.25. The molecular formula is C9H18ClFN2. The van der Waals surface area contributed by atoms with Crippen molar-refractivity contribution in [2.75, 3.05) is 19.6 Å². The summed E-state index contributed by atoms with van der Waals surface area (Å²) >= 11 is 0. The summed E-state index contributed by atoms with van der Waals surface area (Å²) in [5.74, 6) is 0. The van der Waals surface area contributed by atoms with E-state index in [9.17, 15) is 4.39 Å². The number of hydrogen-bond acceptors (Lipinski definition) is 2. The van der Waals surface area contributed by atoms with Gasteiger partial charge in [0.05, 0.1) is 0 Å². The number of halogens is 2. The van der Waals surface area contributed by atoms with Crippen LogP contribution in [0.4, 0.5) is 4.39 Å². The van der Waals surface area contributed by atoms with Gasteiger partial charge < -0.3 is 10.6 Å². The molecule has 1 atom stereocenters. The zero-order chi connectivity index (χ0) is 8.44. The molecule has 2 fully saturated rings. The van der Waals surface area contributed by atoms with E-state index >= 15 is 0 Å². The van der Waals surface area contributed by atoms with Gasteiger partial charge in [-0.25, -0.2) is 4.39 Å². The van der Waals surface area contributed by atoms with E-state index in [2.05, 4.69) is 10.6 Å². The zero-order valence-corrected chi connectivity index (χ0v) is 8.63. The van der Waals surface area contributed by atoms with Gasteiger partial charge in [0, 0.05) is 5.54 Å². The molecule has 2 rings (SSSR count). The van der Waals surface area contributed by atoms with Crippen molar-refractivity contribution in [3.05, 3.63) is 0 Å². The molecule has 2 N–H and O–H groups in total. The monoisotopic (exact) mass is 208 g/mol. The molecule has 4 heteroatoms. The first-order chi connectivity index (χ1) is 5.81. The van der Waals surface area contributed by atoms with Crippen molar-refractivity contribution < 1.29 is 4.39 Å². The lowest BCUT2D eigenvalue weighted by atomic mass is 9.80. The maximum atomic E-state index is 13.2. The fourth-order valence-corrected chi connectivity index (χ4v) is 2.38. The second-order valence-electron chi connectivity index (χ2n) is 4.05. The molecule has 2 heterocycles. The molecular weight excluding hydrogens is 191 g/mol. The minimum absolute atomic E-state index is 0. The molecule has 0 aromatic rings. The number of alkyl halides is 1. The Hall–Kier alpha value is 0.140. The first-order valence-corrected chi connectivity index (χ1v) is 4.91. The first kappa shape index (κ1) is 11.2. The van der Waals surface area contributed by atoms with Crippen LogP contribution in [0.15, 0.2) is 0 Å². The highest BCUT2D eigenvalue weighted by Crippen LogP contribution is 2.29. The van der Waals surface area contributed by atoms with Gasteiger partial charge in [0.2, 0.25) is 0 Å². The third-order valence-corrected chi connectivity index (χ3v) is 3.13. The van der Waals surface area contributed by atoms with E-state index in [4.69, 9.17) is 0 Å². The van der Waals surface area contributed by atoms with Crippen molar-refractivity contribution in [3.63, 3.8) is 0 Å². The fourth-order valence-electron chi connectivity index (χ4n) is 2.38. The normalized spacial score (nSPS) is 32.5. The largest absolute Gasteiger partial charge is 0.317 e. The Morgan fingerprint density at radius 2 is 1.85 bits per heavy atom. The molecule has 0 aliphatic carbocycles. The van der Waals surface area contributed by atoms with Crippen LogP contribution in [0.3, 0.4) is 0 Å². The minimum atomic E-state index is -0.565. The number of piperidine rings is 2. The number of nitrogens with one attached hydrogen (secondary N) is 2. The summed E-state index contributed by atoms with van der Waals surface area (Å²) in [6, 6.07) is 0. The lowest BCUT2D eigenvalue weighted by molar-refractivity contribution is 0.122. The molecule has 78 valence electrons. The molecule has 2 aliphatic heterocycles. The van der Waals surface area contributed by atoms with E-state index in [0.29, 0.717) is 6.42 Å². The van der Waals surface area contributed by atoms with Gasteiger partial charge in [-0.15, -0.1) is 12.4 Å². The van der Waals surface area contributed by atoms with Crippen LogP contribution in [0, 0.1) is 0 Å². The number of rotatable bonds is 0. The van der Waals surface area contributed by atoms with Gasteiger partial charge in [-0.3, -0.25) is 0 Å².